The number of carbonyl (C=O) groups excluding carboxylic acids is 1. The van der Waals surface area contributed by atoms with Gasteiger partial charge in [0.25, 0.3) is 0 Å². The number of anilines is 1. The second-order valence-electron chi connectivity index (χ2n) is 3.95. The van der Waals surface area contributed by atoms with Crippen LogP contribution in [0.3, 0.4) is 0 Å². The zero-order valence-corrected chi connectivity index (χ0v) is 11.3. The lowest BCUT2D eigenvalue weighted by Gasteiger charge is -2.20. The van der Waals surface area contributed by atoms with E-state index in [1.54, 1.807) is 0 Å². The zero-order valence-electron chi connectivity index (χ0n) is 10.5. The second kappa shape index (κ2) is 6.14. The summed E-state index contributed by atoms with van der Waals surface area (Å²) in [7, 11) is 1.37. The number of rotatable bonds is 3. The average molecular weight is 295 g/mol. The maximum absolute atomic E-state index is 12.6. The Bertz CT molecular complexity index is 463. The Balaban J connectivity index is 3.02. The van der Waals surface area contributed by atoms with E-state index < -0.39 is 17.8 Å². The van der Waals surface area contributed by atoms with Crippen LogP contribution in [0.1, 0.15) is 18.9 Å². The van der Waals surface area contributed by atoms with Crippen LogP contribution < -0.4 is 10.2 Å². The summed E-state index contributed by atoms with van der Waals surface area (Å²) in [6, 6.07) is 2.36. The molecule has 0 unspecified atom stereocenters. The number of alkyl halides is 3. The van der Waals surface area contributed by atoms with Crippen LogP contribution in [0.2, 0.25) is 5.02 Å². The molecule has 1 aromatic carbocycles. The minimum absolute atomic E-state index is 0.0186. The molecule has 0 aromatic heterocycles. The highest BCUT2D eigenvalue weighted by molar-refractivity contribution is 6.33. The molecule has 0 radical (unpaired) electrons. The Morgan fingerprint density at radius 2 is 2.05 bits per heavy atom. The van der Waals surface area contributed by atoms with Crippen LogP contribution in [0, 0.1) is 0 Å². The van der Waals surface area contributed by atoms with E-state index in [-0.39, 0.29) is 10.7 Å². The van der Waals surface area contributed by atoms with Gasteiger partial charge in [-0.1, -0.05) is 18.5 Å². The van der Waals surface area contributed by atoms with Gasteiger partial charge in [0.05, 0.1) is 16.3 Å². The minimum atomic E-state index is -4.47. The van der Waals surface area contributed by atoms with Crippen LogP contribution >= 0.6 is 11.6 Å². The highest BCUT2D eigenvalue weighted by Crippen LogP contribution is 2.35. The van der Waals surface area contributed by atoms with Gasteiger partial charge >= 0.3 is 12.2 Å². The van der Waals surface area contributed by atoms with Gasteiger partial charge in [0, 0.05) is 13.6 Å². The predicted molar refractivity (Wildman–Crippen MR) is 68.5 cm³/mol. The average Bonchev–Trinajstić information content (AvgIpc) is 2.34. The first-order valence-electron chi connectivity index (χ1n) is 5.65. The van der Waals surface area contributed by atoms with Gasteiger partial charge in [-0.3, -0.25) is 4.90 Å². The highest BCUT2D eigenvalue weighted by Gasteiger charge is 2.31. The van der Waals surface area contributed by atoms with Crippen molar-refractivity contribution in [3.8, 4) is 0 Å². The molecule has 0 aliphatic heterocycles. The Kier molecular flexibility index (Phi) is 5.05. The van der Waals surface area contributed by atoms with Crippen LogP contribution in [-0.4, -0.2) is 19.6 Å². The molecule has 3 nitrogen and oxygen atoms in total. The monoisotopic (exact) mass is 294 g/mol. The lowest BCUT2D eigenvalue weighted by atomic mass is 10.2. The maximum atomic E-state index is 12.6. The highest BCUT2D eigenvalue weighted by atomic mass is 35.5. The van der Waals surface area contributed by atoms with Gasteiger partial charge in [-0.2, -0.15) is 13.2 Å². The van der Waals surface area contributed by atoms with Gasteiger partial charge in [-0.05, 0) is 24.6 Å². The number of hydrogen-bond acceptors (Lipinski definition) is 1. The van der Waals surface area contributed by atoms with Crippen molar-refractivity contribution in [3.63, 3.8) is 0 Å². The number of urea groups is 1. The first-order valence-corrected chi connectivity index (χ1v) is 6.03. The molecule has 0 heterocycles. The molecule has 7 heteroatoms. The van der Waals surface area contributed by atoms with Crippen molar-refractivity contribution in [1.29, 1.82) is 0 Å². The van der Waals surface area contributed by atoms with Crippen LogP contribution in [0.5, 0.6) is 0 Å². The molecule has 0 aliphatic rings. The molecular formula is C12H14ClF3N2O. The molecule has 0 aliphatic carbocycles. The van der Waals surface area contributed by atoms with Gasteiger partial charge in [0.15, 0.2) is 0 Å². The third kappa shape index (κ3) is 4.02. The van der Waals surface area contributed by atoms with Gasteiger partial charge in [-0.15, -0.1) is 0 Å². The molecule has 19 heavy (non-hydrogen) atoms. The van der Waals surface area contributed by atoms with E-state index in [9.17, 15) is 18.0 Å². The van der Waals surface area contributed by atoms with Crippen molar-refractivity contribution in [2.24, 2.45) is 0 Å². The molecule has 106 valence electrons. The third-order valence-electron chi connectivity index (χ3n) is 2.47. The molecule has 1 aromatic rings. The molecule has 1 N–H and O–H groups in total. The van der Waals surface area contributed by atoms with Gasteiger partial charge in [0.1, 0.15) is 0 Å². The van der Waals surface area contributed by atoms with Crippen molar-refractivity contribution >= 4 is 23.3 Å². The Hall–Kier alpha value is -1.43. The summed E-state index contributed by atoms with van der Waals surface area (Å²) in [4.78, 5) is 12.8. The first kappa shape index (κ1) is 15.6. The van der Waals surface area contributed by atoms with Crippen LogP contribution in [0.25, 0.3) is 0 Å². The molecule has 0 saturated carbocycles. The molecule has 0 fully saturated rings. The van der Waals surface area contributed by atoms with Crippen LogP contribution in [0.4, 0.5) is 23.7 Å². The molecule has 1 rings (SSSR count). The number of nitrogens with zero attached hydrogens (tertiary/aromatic N) is 1. The van der Waals surface area contributed by atoms with Crippen molar-refractivity contribution in [1.82, 2.24) is 5.32 Å². The summed E-state index contributed by atoms with van der Waals surface area (Å²) >= 11 is 5.83. The van der Waals surface area contributed by atoms with Gasteiger partial charge in [-0.25, -0.2) is 4.79 Å². The summed E-state index contributed by atoms with van der Waals surface area (Å²) in [5, 5.41) is 2.65. The third-order valence-corrected chi connectivity index (χ3v) is 2.79. The summed E-state index contributed by atoms with van der Waals surface area (Å²) in [5.41, 5.74) is -0.827. The van der Waals surface area contributed by atoms with Crippen LogP contribution in [-0.2, 0) is 6.18 Å². The SMILES string of the molecule is CCCNC(=O)N(C)c1cc(C(F)(F)F)ccc1Cl. The van der Waals surface area contributed by atoms with E-state index in [0.29, 0.717) is 6.54 Å². The van der Waals surface area contributed by atoms with Crippen molar-refractivity contribution in [2.75, 3.05) is 18.5 Å². The number of amides is 2. The molecular weight excluding hydrogens is 281 g/mol. The summed E-state index contributed by atoms with van der Waals surface area (Å²) in [5.74, 6) is 0. The standard InChI is InChI=1S/C12H14ClF3N2O/c1-3-6-17-11(19)18(2)10-7-8(12(14,15)16)4-5-9(10)13/h4-5,7H,3,6H2,1-2H3,(H,17,19). The Morgan fingerprint density at radius 1 is 1.42 bits per heavy atom. The molecule has 0 spiro atoms. The fourth-order valence-corrected chi connectivity index (χ4v) is 1.65. The van der Waals surface area contributed by atoms with Gasteiger partial charge in [0.2, 0.25) is 0 Å². The van der Waals surface area contributed by atoms with Crippen molar-refractivity contribution < 1.29 is 18.0 Å². The fourth-order valence-electron chi connectivity index (χ4n) is 1.41. The number of halogens is 4. The quantitative estimate of drug-likeness (QED) is 0.900. The molecule has 0 saturated heterocycles. The van der Waals surface area contributed by atoms with E-state index in [2.05, 4.69) is 5.32 Å². The minimum Gasteiger partial charge on any atom is -0.338 e. The summed E-state index contributed by atoms with van der Waals surface area (Å²) in [6.45, 7) is 2.32. The van der Waals surface area contributed by atoms with E-state index in [4.69, 9.17) is 11.6 Å². The second-order valence-corrected chi connectivity index (χ2v) is 4.36. The predicted octanol–water partition coefficient (Wildman–Crippen LogP) is 3.91. The van der Waals surface area contributed by atoms with E-state index >= 15 is 0 Å². The zero-order chi connectivity index (χ0) is 14.6. The number of nitrogens with one attached hydrogen (secondary N) is 1. The fraction of sp³-hybridized carbons (Fsp3) is 0.417. The van der Waals surface area contributed by atoms with E-state index in [0.717, 1.165) is 29.5 Å². The van der Waals surface area contributed by atoms with Gasteiger partial charge < -0.3 is 5.32 Å². The lowest BCUT2D eigenvalue weighted by Crippen LogP contribution is -2.37. The van der Waals surface area contributed by atoms with Crippen molar-refractivity contribution in [3.05, 3.63) is 28.8 Å². The normalized spacial score (nSPS) is 11.3. The van der Waals surface area contributed by atoms with E-state index in [1.807, 2.05) is 6.92 Å². The number of benzene rings is 1. The summed E-state index contributed by atoms with van der Waals surface area (Å²) in [6.07, 6.45) is -3.74. The molecule has 0 bridgehead atoms. The van der Waals surface area contributed by atoms with Crippen LogP contribution in [0.15, 0.2) is 18.2 Å². The molecule has 0 atom stereocenters. The largest absolute Gasteiger partial charge is 0.416 e. The van der Waals surface area contributed by atoms with Crippen molar-refractivity contribution in [2.45, 2.75) is 19.5 Å². The Morgan fingerprint density at radius 3 is 2.58 bits per heavy atom. The number of hydrogen-bond donors (Lipinski definition) is 1. The smallest absolute Gasteiger partial charge is 0.338 e. The first-order chi connectivity index (χ1) is 8.77. The van der Waals surface area contributed by atoms with E-state index in [1.165, 1.54) is 7.05 Å². The lowest BCUT2D eigenvalue weighted by molar-refractivity contribution is -0.137. The molecule has 2 amide bonds. The summed E-state index contributed by atoms with van der Waals surface area (Å²) < 4.78 is 37.8. The Labute approximate surface area is 114 Å². The number of carbonyl (C=O) groups is 1. The maximum Gasteiger partial charge on any atom is 0.416 e. The topological polar surface area (TPSA) is 32.3 Å².